The molecular weight excluding hydrogens is 339 g/mol. The molecule has 0 saturated carbocycles. The first-order chi connectivity index (χ1) is 7.98. The predicted octanol–water partition coefficient (Wildman–Crippen LogP) is -1.14. The molecule has 108 valence electrons. The third-order valence-corrected chi connectivity index (χ3v) is 6.33. The second kappa shape index (κ2) is 9.48. The van der Waals surface area contributed by atoms with Crippen molar-refractivity contribution < 1.29 is 46.5 Å². The van der Waals surface area contributed by atoms with Crippen LogP contribution in [0.1, 0.15) is 26.7 Å². The molecule has 20 heavy (non-hydrogen) atoms. The van der Waals surface area contributed by atoms with E-state index in [2.05, 4.69) is 51.2 Å². The average molecular weight is 361 g/mol. The van der Waals surface area contributed by atoms with Crippen LogP contribution >= 0.6 is 0 Å². The maximum absolute atomic E-state index is 3.51. The van der Waals surface area contributed by atoms with Gasteiger partial charge in [-0.3, -0.25) is 12.2 Å². The van der Waals surface area contributed by atoms with Crippen molar-refractivity contribution in [2.75, 3.05) is 0 Å². The van der Waals surface area contributed by atoms with E-state index in [4.69, 9.17) is 0 Å². The zero-order chi connectivity index (χ0) is 12.5. The molecule has 0 nitrogen and oxygen atoms in total. The fourth-order valence-corrected chi connectivity index (χ4v) is 5.45. The molecule has 0 saturated heterocycles. The van der Waals surface area contributed by atoms with Crippen LogP contribution in [-0.2, 0) is 21.7 Å². The molecule has 2 aliphatic carbocycles. The molecule has 0 aromatic heterocycles. The minimum atomic E-state index is -1.20. The molecule has 0 radical (unpaired) electrons. The second-order valence-corrected chi connectivity index (χ2v) is 11.0. The molecule has 0 aromatic carbocycles. The molecule has 0 bridgehead atoms. The fourth-order valence-electron chi connectivity index (χ4n) is 2.60. The Kier molecular flexibility index (Phi) is 10.8. The minimum absolute atomic E-state index is 0. The summed E-state index contributed by atoms with van der Waals surface area (Å²) in [4.78, 5) is 0. The van der Waals surface area contributed by atoms with Gasteiger partial charge in [-0.2, -0.15) is 12.2 Å². The number of rotatable bonds is 4. The third-order valence-electron chi connectivity index (χ3n) is 3.71. The van der Waals surface area contributed by atoms with E-state index in [0.717, 1.165) is 12.8 Å². The fraction of sp³-hybridized carbons (Fsp3) is 0.500. The van der Waals surface area contributed by atoms with Crippen LogP contribution in [-0.4, -0.2) is 8.07 Å². The van der Waals surface area contributed by atoms with Crippen molar-refractivity contribution >= 4 is 8.07 Å². The summed E-state index contributed by atoms with van der Waals surface area (Å²) in [5.41, 5.74) is 5.90. The van der Waals surface area contributed by atoms with Crippen LogP contribution in [0.4, 0.5) is 0 Å². The Morgan fingerprint density at radius 1 is 0.900 bits per heavy atom. The van der Waals surface area contributed by atoms with Crippen LogP contribution in [0.2, 0.25) is 25.2 Å². The maximum Gasteiger partial charge on any atom is 4.00 e. The molecule has 0 N–H and O–H groups in total. The normalized spacial score (nSPS) is 17.0. The standard InChI is InChI=1S/C16H22Si.2ClH.Ti/c1-13-7-5-9-15(13)11-17(3,4)12-16-10-6-8-14(16)2;;;/h7-8H,5-6,11-12H2,1-4H3;2*1H;/q-2;;;+4/p-2. The SMILES string of the molecule is CC1=CC[C-]=C1C[Si](C)(C)CC1=[C-]CC=C1C.[Cl-].[Cl-].[Ti+4]. The average Bonchev–Trinajstić information content (AvgIpc) is 2.78. The number of hydrogen-bond donors (Lipinski definition) is 0. The summed E-state index contributed by atoms with van der Waals surface area (Å²) in [6.07, 6.45) is 13.7. The third kappa shape index (κ3) is 6.07. The van der Waals surface area contributed by atoms with Gasteiger partial charge in [0.15, 0.2) is 0 Å². The van der Waals surface area contributed by atoms with Crippen molar-refractivity contribution in [3.05, 3.63) is 46.6 Å². The summed E-state index contributed by atoms with van der Waals surface area (Å²) in [6.45, 7) is 9.44. The van der Waals surface area contributed by atoms with Crippen molar-refractivity contribution in [3.8, 4) is 0 Å². The monoisotopic (exact) mass is 360 g/mol. The summed E-state index contributed by atoms with van der Waals surface area (Å²) < 4.78 is 0. The van der Waals surface area contributed by atoms with Gasteiger partial charge in [-0.15, -0.1) is 26.7 Å². The van der Waals surface area contributed by atoms with Crippen molar-refractivity contribution in [2.45, 2.75) is 51.9 Å². The first-order valence-corrected chi connectivity index (χ1v) is 9.93. The summed E-state index contributed by atoms with van der Waals surface area (Å²) in [5, 5.41) is 0. The molecule has 0 unspecified atom stereocenters. The van der Waals surface area contributed by atoms with Gasteiger partial charge in [0.25, 0.3) is 0 Å². The number of halogens is 2. The molecule has 0 atom stereocenters. The Hall–Kier alpha value is 0.471. The minimum Gasteiger partial charge on any atom is -1.00 e. The molecule has 0 spiro atoms. The Morgan fingerprint density at radius 3 is 1.50 bits per heavy atom. The largest absolute Gasteiger partial charge is 4.00 e. The maximum atomic E-state index is 3.51. The van der Waals surface area contributed by atoms with Gasteiger partial charge in [0.2, 0.25) is 0 Å². The van der Waals surface area contributed by atoms with Crippen LogP contribution in [0.15, 0.2) is 34.4 Å². The molecule has 0 heterocycles. The molecule has 0 fully saturated rings. The first-order valence-electron chi connectivity index (χ1n) is 6.52. The van der Waals surface area contributed by atoms with E-state index < -0.39 is 8.07 Å². The van der Waals surface area contributed by atoms with Crippen molar-refractivity contribution in [3.63, 3.8) is 0 Å². The van der Waals surface area contributed by atoms with Crippen molar-refractivity contribution in [2.24, 2.45) is 0 Å². The quantitative estimate of drug-likeness (QED) is 0.439. The Bertz CT molecular complexity index is 405. The molecule has 2 rings (SSSR count). The van der Waals surface area contributed by atoms with E-state index in [1.807, 2.05) is 0 Å². The molecule has 2 aliphatic rings. The topological polar surface area (TPSA) is 0 Å². The molecule has 0 amide bonds. The number of hydrogen-bond acceptors (Lipinski definition) is 0. The Balaban J connectivity index is 0. The molecule has 4 heteroatoms. The predicted molar refractivity (Wildman–Crippen MR) is 77.4 cm³/mol. The van der Waals surface area contributed by atoms with Gasteiger partial charge in [-0.05, 0) is 0 Å². The Morgan fingerprint density at radius 2 is 1.25 bits per heavy atom. The summed E-state index contributed by atoms with van der Waals surface area (Å²) in [7, 11) is -1.20. The second-order valence-electron chi connectivity index (χ2n) is 6.01. The van der Waals surface area contributed by atoms with E-state index in [1.165, 1.54) is 34.4 Å². The van der Waals surface area contributed by atoms with Gasteiger partial charge in [0.05, 0.1) is 8.07 Å². The smallest absolute Gasteiger partial charge is 1.00 e. The summed E-state index contributed by atoms with van der Waals surface area (Å²) in [6, 6.07) is 2.54. The number of allylic oxidation sites excluding steroid dienone is 8. The van der Waals surface area contributed by atoms with Crippen LogP contribution in [0.3, 0.4) is 0 Å². The van der Waals surface area contributed by atoms with Gasteiger partial charge >= 0.3 is 21.7 Å². The summed E-state index contributed by atoms with van der Waals surface area (Å²) >= 11 is 0. The van der Waals surface area contributed by atoms with E-state index in [1.54, 1.807) is 0 Å². The van der Waals surface area contributed by atoms with Crippen LogP contribution in [0, 0.1) is 12.2 Å². The van der Waals surface area contributed by atoms with Gasteiger partial charge in [-0.1, -0.05) is 25.2 Å². The molecule has 0 aliphatic heterocycles. The zero-order valence-electron chi connectivity index (χ0n) is 12.7. The van der Waals surface area contributed by atoms with Crippen LogP contribution < -0.4 is 24.8 Å². The van der Waals surface area contributed by atoms with E-state index in [-0.39, 0.29) is 46.5 Å². The van der Waals surface area contributed by atoms with E-state index in [9.17, 15) is 0 Å². The molecular formula is C16H22Cl2SiTi. The van der Waals surface area contributed by atoms with Crippen LogP contribution in [0.25, 0.3) is 0 Å². The van der Waals surface area contributed by atoms with E-state index >= 15 is 0 Å². The zero-order valence-corrected chi connectivity index (χ0v) is 16.8. The van der Waals surface area contributed by atoms with E-state index in [0.29, 0.717) is 0 Å². The van der Waals surface area contributed by atoms with Crippen LogP contribution in [0.5, 0.6) is 0 Å². The van der Waals surface area contributed by atoms with Crippen molar-refractivity contribution in [1.29, 1.82) is 0 Å². The van der Waals surface area contributed by atoms with Crippen molar-refractivity contribution in [1.82, 2.24) is 0 Å². The van der Waals surface area contributed by atoms with Gasteiger partial charge in [-0.25, -0.2) is 22.3 Å². The van der Waals surface area contributed by atoms with Gasteiger partial charge in [0.1, 0.15) is 0 Å². The first kappa shape index (κ1) is 22.7. The van der Waals surface area contributed by atoms with Gasteiger partial charge in [0, 0.05) is 0 Å². The summed E-state index contributed by atoms with van der Waals surface area (Å²) in [5.74, 6) is 0. The Labute approximate surface area is 152 Å². The molecule has 0 aromatic rings. The van der Waals surface area contributed by atoms with Gasteiger partial charge < -0.3 is 24.8 Å².